The lowest BCUT2D eigenvalue weighted by Gasteiger charge is -2.19. The van der Waals surface area contributed by atoms with Crippen LogP contribution >= 0.6 is 0 Å². The van der Waals surface area contributed by atoms with Crippen molar-refractivity contribution in [3.63, 3.8) is 0 Å². The van der Waals surface area contributed by atoms with E-state index >= 15 is 0 Å². The number of anilines is 1. The Morgan fingerprint density at radius 1 is 1.08 bits per heavy atom. The number of aliphatic hydroxyl groups is 1. The molecule has 0 radical (unpaired) electrons. The number of β-amino-alcohol motifs (C(OH)–C–C–N with tert-alkyl or cyclic N) is 1. The fourth-order valence-electron chi connectivity index (χ4n) is 2.86. The average Bonchev–Trinajstić information content (AvgIpc) is 3.07. The van der Waals surface area contributed by atoms with Gasteiger partial charge in [-0.05, 0) is 36.8 Å². The molecule has 2 aromatic rings. The summed E-state index contributed by atoms with van der Waals surface area (Å²) >= 11 is 0. The van der Waals surface area contributed by atoms with Crippen LogP contribution in [0.1, 0.15) is 27.1 Å². The van der Waals surface area contributed by atoms with Crippen LogP contribution in [-0.4, -0.2) is 48.1 Å². The third-order valence-electron chi connectivity index (χ3n) is 4.26. The van der Waals surface area contributed by atoms with E-state index in [1.807, 2.05) is 30.3 Å². The first-order valence-electron chi connectivity index (χ1n) is 7.97. The normalized spacial score (nSPS) is 16.9. The maximum atomic E-state index is 12.7. The van der Waals surface area contributed by atoms with E-state index in [9.17, 15) is 14.7 Å². The largest absolute Gasteiger partial charge is 0.391 e. The van der Waals surface area contributed by atoms with Crippen molar-refractivity contribution in [3.8, 4) is 0 Å². The number of amides is 2. The highest BCUT2D eigenvalue weighted by molar-refractivity contribution is 6.07. The predicted octanol–water partition coefficient (Wildman–Crippen LogP) is 2.17. The highest BCUT2D eigenvalue weighted by Gasteiger charge is 2.26. The second-order valence-corrected chi connectivity index (χ2v) is 5.97. The van der Waals surface area contributed by atoms with Gasteiger partial charge in [0.25, 0.3) is 11.8 Å². The minimum atomic E-state index is -0.456. The van der Waals surface area contributed by atoms with E-state index in [1.54, 1.807) is 41.1 Å². The number of benzene rings is 2. The Bertz CT molecular complexity index is 745. The van der Waals surface area contributed by atoms with Gasteiger partial charge in [0, 0.05) is 37.0 Å². The third-order valence-corrected chi connectivity index (χ3v) is 4.26. The number of aliphatic hydroxyl groups excluding tert-OH is 1. The second-order valence-electron chi connectivity index (χ2n) is 5.97. The number of carbonyl (C=O) groups is 2. The van der Waals surface area contributed by atoms with Crippen LogP contribution in [-0.2, 0) is 0 Å². The SMILES string of the molecule is CN(C(=O)c1cccc(C(=O)N2CC[C@@H](O)C2)c1)c1ccccc1. The van der Waals surface area contributed by atoms with Crippen LogP contribution in [0.3, 0.4) is 0 Å². The van der Waals surface area contributed by atoms with Gasteiger partial charge in [-0.15, -0.1) is 0 Å². The molecule has 5 heteroatoms. The quantitative estimate of drug-likeness (QED) is 0.941. The zero-order chi connectivity index (χ0) is 17.1. The minimum absolute atomic E-state index is 0.149. The van der Waals surface area contributed by atoms with E-state index in [-0.39, 0.29) is 11.8 Å². The van der Waals surface area contributed by atoms with Crippen LogP contribution in [0.15, 0.2) is 54.6 Å². The molecule has 2 aromatic carbocycles. The molecule has 5 nitrogen and oxygen atoms in total. The van der Waals surface area contributed by atoms with Crippen molar-refractivity contribution in [3.05, 3.63) is 65.7 Å². The van der Waals surface area contributed by atoms with Crippen LogP contribution < -0.4 is 4.90 Å². The summed E-state index contributed by atoms with van der Waals surface area (Å²) in [5, 5.41) is 9.58. The molecule has 124 valence electrons. The van der Waals surface area contributed by atoms with Crippen molar-refractivity contribution in [1.82, 2.24) is 4.90 Å². The summed E-state index contributed by atoms with van der Waals surface area (Å²) in [6.07, 6.45) is 0.143. The van der Waals surface area contributed by atoms with Crippen LogP contribution in [0.4, 0.5) is 5.69 Å². The molecule has 0 spiro atoms. The van der Waals surface area contributed by atoms with Crippen molar-refractivity contribution in [2.45, 2.75) is 12.5 Å². The molecule has 0 bridgehead atoms. The molecule has 0 unspecified atom stereocenters. The van der Waals surface area contributed by atoms with Crippen LogP contribution in [0.2, 0.25) is 0 Å². The number of rotatable bonds is 3. The first kappa shape index (κ1) is 16.2. The van der Waals surface area contributed by atoms with Gasteiger partial charge in [0.2, 0.25) is 0 Å². The molecule has 1 atom stereocenters. The van der Waals surface area contributed by atoms with E-state index in [1.165, 1.54) is 0 Å². The zero-order valence-electron chi connectivity index (χ0n) is 13.6. The van der Waals surface area contributed by atoms with Crippen molar-refractivity contribution >= 4 is 17.5 Å². The lowest BCUT2D eigenvalue weighted by molar-refractivity contribution is 0.0765. The summed E-state index contributed by atoms with van der Waals surface area (Å²) in [5.41, 5.74) is 1.73. The van der Waals surface area contributed by atoms with E-state index in [0.29, 0.717) is 30.6 Å². The van der Waals surface area contributed by atoms with Crippen molar-refractivity contribution < 1.29 is 14.7 Å². The summed E-state index contributed by atoms with van der Waals surface area (Å²) in [5.74, 6) is -0.319. The van der Waals surface area contributed by atoms with E-state index in [0.717, 1.165) is 5.69 Å². The van der Waals surface area contributed by atoms with Crippen LogP contribution in [0.25, 0.3) is 0 Å². The van der Waals surface area contributed by atoms with Gasteiger partial charge in [-0.2, -0.15) is 0 Å². The monoisotopic (exact) mass is 324 g/mol. The summed E-state index contributed by atoms with van der Waals surface area (Å²) in [7, 11) is 1.71. The number of carbonyl (C=O) groups excluding carboxylic acids is 2. The van der Waals surface area contributed by atoms with Gasteiger partial charge < -0.3 is 14.9 Å². The van der Waals surface area contributed by atoms with Crippen molar-refractivity contribution in [1.29, 1.82) is 0 Å². The summed E-state index contributed by atoms with van der Waals surface area (Å²) in [6.45, 7) is 0.892. The standard InChI is InChI=1S/C19H20N2O3/c1-20(16-8-3-2-4-9-16)18(23)14-6-5-7-15(12-14)19(24)21-11-10-17(22)13-21/h2-9,12,17,22H,10-11,13H2,1H3/t17-/m1/s1. The zero-order valence-corrected chi connectivity index (χ0v) is 13.6. The molecular formula is C19H20N2O3. The second kappa shape index (κ2) is 6.84. The Morgan fingerprint density at radius 2 is 1.79 bits per heavy atom. The lowest BCUT2D eigenvalue weighted by Crippen LogP contribution is -2.30. The van der Waals surface area contributed by atoms with Crippen molar-refractivity contribution in [2.75, 3.05) is 25.0 Å². The van der Waals surface area contributed by atoms with Crippen LogP contribution in [0, 0.1) is 0 Å². The lowest BCUT2D eigenvalue weighted by atomic mass is 10.1. The van der Waals surface area contributed by atoms with Gasteiger partial charge >= 0.3 is 0 Å². The van der Waals surface area contributed by atoms with E-state index in [4.69, 9.17) is 0 Å². The molecule has 1 saturated heterocycles. The maximum absolute atomic E-state index is 12.7. The number of nitrogens with zero attached hydrogens (tertiary/aromatic N) is 2. The van der Waals surface area contributed by atoms with E-state index < -0.39 is 6.10 Å². The highest BCUT2D eigenvalue weighted by Crippen LogP contribution is 2.18. The smallest absolute Gasteiger partial charge is 0.258 e. The predicted molar refractivity (Wildman–Crippen MR) is 92.1 cm³/mol. The summed E-state index contributed by atoms with van der Waals surface area (Å²) in [4.78, 5) is 28.3. The third kappa shape index (κ3) is 3.31. The molecule has 1 heterocycles. The van der Waals surface area contributed by atoms with Crippen LogP contribution in [0.5, 0.6) is 0 Å². The van der Waals surface area contributed by atoms with Gasteiger partial charge in [-0.25, -0.2) is 0 Å². The van der Waals surface area contributed by atoms with Gasteiger partial charge in [-0.1, -0.05) is 24.3 Å². The fraction of sp³-hybridized carbons (Fsp3) is 0.263. The van der Waals surface area contributed by atoms with Gasteiger partial charge in [0.1, 0.15) is 0 Å². The Hall–Kier alpha value is -2.66. The Kier molecular flexibility index (Phi) is 4.62. The Morgan fingerprint density at radius 3 is 2.46 bits per heavy atom. The molecule has 3 rings (SSSR count). The van der Waals surface area contributed by atoms with Crippen molar-refractivity contribution in [2.24, 2.45) is 0 Å². The van der Waals surface area contributed by atoms with Gasteiger partial charge in [0.05, 0.1) is 6.10 Å². The Balaban J connectivity index is 1.80. The molecule has 1 aliphatic rings. The Labute approximate surface area is 141 Å². The van der Waals surface area contributed by atoms with E-state index in [2.05, 4.69) is 0 Å². The molecule has 24 heavy (non-hydrogen) atoms. The molecule has 0 saturated carbocycles. The van der Waals surface area contributed by atoms with Gasteiger partial charge in [-0.3, -0.25) is 9.59 Å². The molecule has 0 aliphatic carbocycles. The molecule has 2 amide bonds. The molecule has 1 fully saturated rings. The average molecular weight is 324 g/mol. The van der Waals surface area contributed by atoms with Gasteiger partial charge in [0.15, 0.2) is 0 Å². The number of para-hydroxylation sites is 1. The summed E-state index contributed by atoms with van der Waals surface area (Å²) < 4.78 is 0. The topological polar surface area (TPSA) is 60.9 Å². The minimum Gasteiger partial charge on any atom is -0.391 e. The maximum Gasteiger partial charge on any atom is 0.258 e. The highest BCUT2D eigenvalue weighted by atomic mass is 16.3. The summed E-state index contributed by atoms with van der Waals surface area (Å²) in [6, 6.07) is 16.1. The molecule has 0 aromatic heterocycles. The molecular weight excluding hydrogens is 304 g/mol. The first-order valence-corrected chi connectivity index (χ1v) is 7.97. The fourth-order valence-corrected chi connectivity index (χ4v) is 2.86. The number of hydrogen-bond donors (Lipinski definition) is 1. The first-order chi connectivity index (χ1) is 11.6. The molecule has 1 N–H and O–H groups in total. The molecule has 1 aliphatic heterocycles. The number of hydrogen-bond acceptors (Lipinski definition) is 3. The number of likely N-dealkylation sites (tertiary alicyclic amines) is 1.